The molecular weight excluding hydrogens is 438 g/mol. The largest absolute Gasteiger partial charge is 0.508 e. The number of carbonyl (C=O) groups excluding carboxylic acids is 2. The Balaban J connectivity index is 2.08. The molecule has 0 aliphatic heterocycles. The Kier molecular flexibility index (Phi) is 7.38. The zero-order valence-corrected chi connectivity index (χ0v) is 16.9. The van der Waals surface area contributed by atoms with Gasteiger partial charge in [-0.15, -0.1) is 0 Å². The monoisotopic (exact) mass is 455 g/mol. The van der Waals surface area contributed by atoms with E-state index in [1.54, 1.807) is 12.1 Å². The van der Waals surface area contributed by atoms with Crippen LogP contribution in [-0.2, 0) is 21.4 Å². The van der Waals surface area contributed by atoms with Gasteiger partial charge < -0.3 is 20.8 Å². The van der Waals surface area contributed by atoms with Gasteiger partial charge in [-0.3, -0.25) is 9.59 Å². The molecule has 2 amide bonds. The average molecular weight is 456 g/mol. The summed E-state index contributed by atoms with van der Waals surface area (Å²) in [5.41, 5.74) is 0.651. The fourth-order valence-corrected chi connectivity index (χ4v) is 3.39. The first-order valence-corrected chi connectivity index (χ1v) is 10.5. The lowest BCUT2D eigenvalue weighted by Gasteiger charge is -2.14. The van der Waals surface area contributed by atoms with Gasteiger partial charge in [0, 0.05) is 12.1 Å². The van der Waals surface area contributed by atoms with Gasteiger partial charge in [0.05, 0.1) is 16.3 Å². The van der Waals surface area contributed by atoms with Gasteiger partial charge in [-0.05, 0) is 35.9 Å². The van der Waals surface area contributed by atoms with E-state index in [2.05, 4.69) is 5.32 Å². The fourth-order valence-electron chi connectivity index (χ4n) is 2.43. The number of nitrogens with two attached hydrogens (primary N) is 1. The molecule has 0 heterocycles. The number of benzene rings is 2. The number of amides is 2. The van der Waals surface area contributed by atoms with Gasteiger partial charge in [-0.2, -0.15) is 0 Å². The van der Waals surface area contributed by atoms with Crippen molar-refractivity contribution in [2.24, 2.45) is 5.14 Å². The number of nitrogens with one attached hydrogen (secondary N) is 2. The summed E-state index contributed by atoms with van der Waals surface area (Å²) in [5, 5.41) is 27.8. The normalized spacial score (nSPS) is 12.1. The molecule has 2 rings (SSSR count). The summed E-state index contributed by atoms with van der Waals surface area (Å²) in [6.07, 6.45) is 0. The number of carboxylic acid groups (broad SMARTS) is 1. The molecule has 30 heavy (non-hydrogen) atoms. The standard InChI is InChI=1S/C18H18ClN3O7S/c19-14-7-11(16(24)21-8-10-2-1-3-12(23)6-10)4-5-13(14)17(25)22-15(18(26)27)9-30(20,28)29/h1-7,15,23H,8-9H2,(H,21,24)(H,22,25)(H,26,27)(H2,20,28,29)/t15-/m0/s1. The number of rotatable bonds is 8. The van der Waals surface area contributed by atoms with E-state index in [4.69, 9.17) is 21.8 Å². The molecule has 0 bridgehead atoms. The number of primary sulfonamides is 1. The van der Waals surface area contributed by atoms with Gasteiger partial charge in [-0.25, -0.2) is 18.4 Å². The number of hydrogen-bond donors (Lipinski definition) is 5. The van der Waals surface area contributed by atoms with E-state index >= 15 is 0 Å². The van der Waals surface area contributed by atoms with Crippen molar-refractivity contribution >= 4 is 39.4 Å². The number of phenolic OH excluding ortho intramolecular Hbond substituents is 1. The van der Waals surface area contributed by atoms with Gasteiger partial charge in [0.15, 0.2) is 0 Å². The number of halogens is 1. The number of hydrogen-bond acceptors (Lipinski definition) is 6. The molecule has 0 aliphatic rings. The molecule has 0 radical (unpaired) electrons. The van der Waals surface area contributed by atoms with Crippen LogP contribution in [0.1, 0.15) is 26.3 Å². The van der Waals surface area contributed by atoms with E-state index in [-0.39, 0.29) is 28.4 Å². The van der Waals surface area contributed by atoms with Crippen LogP contribution in [0.15, 0.2) is 42.5 Å². The van der Waals surface area contributed by atoms with Crippen molar-refractivity contribution in [3.8, 4) is 5.75 Å². The third-order valence-corrected chi connectivity index (χ3v) is 4.95. The molecular formula is C18H18ClN3O7S. The van der Waals surface area contributed by atoms with E-state index < -0.39 is 39.6 Å². The topological polar surface area (TPSA) is 176 Å². The van der Waals surface area contributed by atoms with Crippen LogP contribution in [0.2, 0.25) is 5.02 Å². The fraction of sp³-hybridized carbons (Fsp3) is 0.167. The second kappa shape index (κ2) is 9.57. The Morgan fingerprint density at radius 1 is 1.10 bits per heavy atom. The van der Waals surface area contributed by atoms with Crippen molar-refractivity contribution < 1.29 is 33.0 Å². The summed E-state index contributed by atoms with van der Waals surface area (Å²) in [5.74, 6) is -3.97. The van der Waals surface area contributed by atoms with E-state index in [1.807, 2.05) is 5.32 Å². The zero-order chi connectivity index (χ0) is 22.5. The van der Waals surface area contributed by atoms with Gasteiger partial charge in [0.25, 0.3) is 11.8 Å². The van der Waals surface area contributed by atoms with Crippen molar-refractivity contribution in [2.45, 2.75) is 12.6 Å². The third kappa shape index (κ3) is 6.72. The minimum Gasteiger partial charge on any atom is -0.508 e. The van der Waals surface area contributed by atoms with Crippen LogP contribution >= 0.6 is 11.6 Å². The lowest BCUT2D eigenvalue weighted by molar-refractivity contribution is -0.138. The highest BCUT2D eigenvalue weighted by atomic mass is 35.5. The van der Waals surface area contributed by atoms with Gasteiger partial charge in [0.1, 0.15) is 11.8 Å². The van der Waals surface area contributed by atoms with Gasteiger partial charge in [-0.1, -0.05) is 23.7 Å². The maximum Gasteiger partial charge on any atom is 0.327 e. The van der Waals surface area contributed by atoms with Crippen LogP contribution < -0.4 is 15.8 Å². The molecule has 2 aromatic rings. The minimum atomic E-state index is -4.15. The van der Waals surface area contributed by atoms with Crippen molar-refractivity contribution in [3.05, 3.63) is 64.2 Å². The highest BCUT2D eigenvalue weighted by molar-refractivity contribution is 7.89. The third-order valence-electron chi connectivity index (χ3n) is 3.84. The molecule has 12 heteroatoms. The molecule has 0 aliphatic carbocycles. The lowest BCUT2D eigenvalue weighted by atomic mass is 10.1. The van der Waals surface area contributed by atoms with Crippen molar-refractivity contribution in [1.29, 1.82) is 0 Å². The Morgan fingerprint density at radius 3 is 2.37 bits per heavy atom. The van der Waals surface area contributed by atoms with Crippen molar-refractivity contribution in [2.75, 3.05) is 5.75 Å². The predicted molar refractivity (Wildman–Crippen MR) is 108 cm³/mol. The summed E-state index contributed by atoms with van der Waals surface area (Å²) in [7, 11) is -4.15. The van der Waals surface area contributed by atoms with Crippen molar-refractivity contribution in [3.63, 3.8) is 0 Å². The van der Waals surface area contributed by atoms with Crippen LogP contribution in [0, 0.1) is 0 Å². The first-order valence-electron chi connectivity index (χ1n) is 8.36. The molecule has 2 aromatic carbocycles. The summed E-state index contributed by atoms with van der Waals surface area (Å²) in [6, 6.07) is 8.26. The van der Waals surface area contributed by atoms with Crippen LogP contribution in [-0.4, -0.2) is 48.2 Å². The van der Waals surface area contributed by atoms with Gasteiger partial charge in [0.2, 0.25) is 10.0 Å². The quantitative estimate of drug-likeness (QED) is 0.383. The van der Waals surface area contributed by atoms with Crippen molar-refractivity contribution in [1.82, 2.24) is 10.6 Å². The second-order valence-corrected chi connectivity index (χ2v) is 8.31. The number of aliphatic carboxylic acids is 1. The smallest absolute Gasteiger partial charge is 0.327 e. The average Bonchev–Trinajstić information content (AvgIpc) is 2.64. The zero-order valence-electron chi connectivity index (χ0n) is 15.3. The molecule has 6 N–H and O–H groups in total. The maximum absolute atomic E-state index is 12.3. The molecule has 1 atom stereocenters. The Hall–Kier alpha value is -3.15. The number of sulfonamides is 1. The minimum absolute atomic E-state index is 0.0576. The predicted octanol–water partition coefficient (Wildman–Crippen LogP) is 0.447. The molecule has 0 saturated heterocycles. The summed E-state index contributed by atoms with van der Waals surface area (Å²) in [6.45, 7) is 0.140. The van der Waals surface area contributed by atoms with Crippen LogP contribution in [0.4, 0.5) is 0 Å². The first kappa shape index (κ1) is 23.1. The highest BCUT2D eigenvalue weighted by Crippen LogP contribution is 2.19. The van der Waals surface area contributed by atoms with Crippen LogP contribution in [0.25, 0.3) is 0 Å². The number of carbonyl (C=O) groups is 3. The molecule has 0 aromatic heterocycles. The van der Waals surface area contributed by atoms with E-state index in [0.29, 0.717) is 5.56 Å². The van der Waals surface area contributed by atoms with Crippen LogP contribution in [0.3, 0.4) is 0 Å². The van der Waals surface area contributed by atoms with E-state index in [0.717, 1.165) is 0 Å². The van der Waals surface area contributed by atoms with Gasteiger partial charge >= 0.3 is 5.97 Å². The Bertz CT molecular complexity index is 1090. The van der Waals surface area contributed by atoms with Crippen LogP contribution in [0.5, 0.6) is 5.75 Å². The Labute approximate surface area is 176 Å². The molecule has 0 saturated carbocycles. The molecule has 0 spiro atoms. The molecule has 0 unspecified atom stereocenters. The summed E-state index contributed by atoms with van der Waals surface area (Å²) in [4.78, 5) is 35.7. The summed E-state index contributed by atoms with van der Waals surface area (Å²) >= 11 is 6.04. The number of aromatic hydroxyl groups is 1. The lowest BCUT2D eigenvalue weighted by Crippen LogP contribution is -2.46. The first-order chi connectivity index (χ1) is 14.0. The molecule has 10 nitrogen and oxygen atoms in total. The Morgan fingerprint density at radius 2 is 1.80 bits per heavy atom. The van der Waals surface area contributed by atoms with E-state index in [9.17, 15) is 27.9 Å². The highest BCUT2D eigenvalue weighted by Gasteiger charge is 2.26. The molecule has 0 fully saturated rings. The molecule has 160 valence electrons. The maximum atomic E-state index is 12.3. The number of carboxylic acids is 1. The summed E-state index contributed by atoms with van der Waals surface area (Å²) < 4.78 is 22.2. The number of phenols is 1. The second-order valence-electron chi connectivity index (χ2n) is 6.24. The van der Waals surface area contributed by atoms with E-state index in [1.165, 1.54) is 30.3 Å². The SMILES string of the molecule is NS(=O)(=O)C[C@H](NC(=O)c1ccc(C(=O)NCc2cccc(O)c2)cc1Cl)C(=O)O.